The second kappa shape index (κ2) is 4.36. The highest BCUT2D eigenvalue weighted by Gasteiger charge is 1.43. The molecule has 0 aliphatic heterocycles. The molecule has 0 spiro atoms. The van der Waals surface area contributed by atoms with Gasteiger partial charge in [0.05, 0.1) is 0 Å². The van der Waals surface area contributed by atoms with Gasteiger partial charge in [-0.15, -0.1) is 0 Å². The van der Waals surface area contributed by atoms with Gasteiger partial charge in [0.25, 0.3) is 0 Å². The predicted octanol–water partition coefficient (Wildman–Crippen LogP) is -0.896. The molecule has 24 valence electrons. The summed E-state index contributed by atoms with van der Waals surface area (Å²) in [6.45, 7) is 0. The topological polar surface area (TPSA) is 0 Å². The molecular weight excluding hydrogens is 91.1 g/mol. The maximum absolute atomic E-state index is 2.49. The molecule has 0 unspecified atom stereocenters. The fourth-order valence-corrected chi connectivity index (χ4v) is 0.707. The van der Waals surface area contributed by atoms with Gasteiger partial charge in [0.2, 0.25) is 16.3 Å². The van der Waals surface area contributed by atoms with Crippen molar-refractivity contribution in [1.82, 2.24) is 0 Å². The van der Waals surface area contributed by atoms with E-state index in [0.29, 0.717) is 0 Å². The summed E-state index contributed by atoms with van der Waals surface area (Å²) in [5.41, 5.74) is 1.92. The van der Waals surface area contributed by atoms with Crippen molar-refractivity contribution in [3.63, 3.8) is 0 Å². The van der Waals surface area contributed by atoms with E-state index >= 15 is 0 Å². The fourth-order valence-electron chi connectivity index (χ4n) is 0.0786. The van der Waals surface area contributed by atoms with E-state index in [1.165, 1.54) is 0 Å². The Kier molecular flexibility index (Phi) is 4.67. The van der Waals surface area contributed by atoms with Crippen molar-refractivity contribution >= 4 is 31.8 Å². The van der Waals surface area contributed by atoms with Crippen molar-refractivity contribution in [1.29, 1.82) is 0 Å². The summed E-state index contributed by atoms with van der Waals surface area (Å²) < 4.78 is 0. The molecule has 0 aliphatic carbocycles. The molecular formula is C3H5AlSi. The number of rotatable bonds is 1. The van der Waals surface area contributed by atoms with E-state index in [2.05, 4.69) is 9.85 Å². The third-order valence-corrected chi connectivity index (χ3v) is 0.742. The fraction of sp³-hybridized carbons (Fsp3) is 0. The van der Waals surface area contributed by atoms with Gasteiger partial charge in [0.15, 0.2) is 0 Å². The number of allylic oxidation sites excluding steroid dienone is 1. The number of hydrogen-bond donors (Lipinski definition) is 0. The Balaban J connectivity index is 2.92. The molecule has 0 aromatic rings. The van der Waals surface area contributed by atoms with Crippen LogP contribution in [0.2, 0.25) is 0 Å². The van der Waals surface area contributed by atoms with E-state index in [9.17, 15) is 0 Å². The minimum absolute atomic E-state index is 1.82. The molecule has 2 heteroatoms. The summed E-state index contributed by atoms with van der Waals surface area (Å²) in [5.74, 6) is 0. The summed E-state index contributed by atoms with van der Waals surface area (Å²) >= 11 is 1.82. The summed E-state index contributed by atoms with van der Waals surface area (Å²) in [4.78, 5) is 2.01. The van der Waals surface area contributed by atoms with Crippen molar-refractivity contribution in [2.75, 3.05) is 0 Å². The Morgan fingerprint density at radius 1 is 1.60 bits per heavy atom. The first-order chi connectivity index (χ1) is 2.41. The Hall–Kier alpha value is 0.359. The van der Waals surface area contributed by atoms with Crippen LogP contribution < -0.4 is 0 Å². The highest BCUT2D eigenvalue weighted by Crippen LogP contribution is 1.47. The molecule has 0 aromatic carbocycles. The quantitative estimate of drug-likeness (QED) is 0.371. The van der Waals surface area contributed by atoms with E-state index in [4.69, 9.17) is 0 Å². The van der Waals surface area contributed by atoms with Crippen molar-refractivity contribution in [2.24, 2.45) is 0 Å². The summed E-state index contributed by atoms with van der Waals surface area (Å²) in [6, 6.07) is 0. The van der Waals surface area contributed by atoms with E-state index in [0.717, 1.165) is 0 Å². The second-order valence-electron chi connectivity index (χ2n) is 0.621. The third-order valence-electron chi connectivity index (χ3n) is 0.247. The van der Waals surface area contributed by atoms with Crippen LogP contribution in [0.4, 0.5) is 0 Å². The van der Waals surface area contributed by atoms with Crippen LogP contribution in [0.5, 0.6) is 0 Å². The minimum atomic E-state index is 1.82. The molecule has 0 bridgehead atoms. The average Bonchev–Trinajstić information content (AvgIpc) is 1.41. The molecule has 0 aromatic heterocycles. The van der Waals surface area contributed by atoms with Crippen molar-refractivity contribution < 1.29 is 0 Å². The first-order valence-corrected chi connectivity index (χ1v) is 2.89. The SMILES string of the molecule is [AlH][CH]=CC=[SiH]. The van der Waals surface area contributed by atoms with Crippen LogP contribution >= 0.6 is 0 Å². The summed E-state index contributed by atoms with van der Waals surface area (Å²) in [5, 5.41) is 0. The average molecular weight is 96.1 g/mol. The van der Waals surface area contributed by atoms with Crippen molar-refractivity contribution in [3.05, 3.63) is 11.0 Å². The Labute approximate surface area is 43.4 Å². The zero-order chi connectivity index (χ0) is 4.12. The summed E-state index contributed by atoms with van der Waals surface area (Å²) in [6.07, 6.45) is 1.98. The highest BCUT2D eigenvalue weighted by atomic mass is 28.1. The molecule has 0 atom stereocenters. The zero-order valence-corrected chi connectivity index (χ0v) is 5.59. The number of hydrogen-bond acceptors (Lipinski definition) is 0. The largest absolute Gasteiger partial charge is 0.210 e. The lowest BCUT2D eigenvalue weighted by Crippen LogP contribution is -1.57. The van der Waals surface area contributed by atoms with Gasteiger partial charge in [-0.2, -0.15) is 4.94 Å². The summed E-state index contributed by atoms with van der Waals surface area (Å²) in [7, 11) is 2.49. The van der Waals surface area contributed by atoms with E-state index in [1.54, 1.807) is 0 Å². The van der Waals surface area contributed by atoms with E-state index in [1.807, 2.05) is 33.0 Å². The molecule has 0 nitrogen and oxygen atoms in total. The van der Waals surface area contributed by atoms with Crippen LogP contribution in [0, 0.1) is 0 Å². The van der Waals surface area contributed by atoms with Gasteiger partial charge >= 0.3 is 0 Å². The predicted molar refractivity (Wildman–Crippen MR) is 29.5 cm³/mol. The molecule has 0 N–H and O–H groups in total. The first-order valence-electron chi connectivity index (χ1n) is 1.41. The van der Waals surface area contributed by atoms with Crippen LogP contribution in [0.3, 0.4) is 0 Å². The third kappa shape index (κ3) is 4.36. The van der Waals surface area contributed by atoms with Crippen molar-refractivity contribution in [2.45, 2.75) is 0 Å². The van der Waals surface area contributed by atoms with Gasteiger partial charge in [-0.25, -0.2) is 0 Å². The van der Waals surface area contributed by atoms with Crippen LogP contribution in [-0.4, -0.2) is 31.8 Å². The van der Waals surface area contributed by atoms with Crippen LogP contribution in [0.25, 0.3) is 0 Å². The molecule has 0 heterocycles. The molecule has 0 saturated heterocycles. The Morgan fingerprint density at radius 2 is 2.20 bits per heavy atom. The van der Waals surface area contributed by atoms with Crippen molar-refractivity contribution in [3.8, 4) is 0 Å². The first kappa shape index (κ1) is 5.36. The van der Waals surface area contributed by atoms with Gasteiger partial charge in [-0.1, -0.05) is 11.7 Å². The molecule has 0 fully saturated rings. The van der Waals surface area contributed by atoms with E-state index in [-0.39, 0.29) is 0 Å². The molecule has 0 rings (SSSR count). The normalized spacial score (nSPS) is 8.80. The molecule has 0 aliphatic rings. The smallest absolute Gasteiger partial charge is 0.163 e. The van der Waals surface area contributed by atoms with Gasteiger partial charge in [0, 0.05) is 0 Å². The molecule has 5 heavy (non-hydrogen) atoms. The highest BCUT2D eigenvalue weighted by molar-refractivity contribution is 6.32. The lowest BCUT2D eigenvalue weighted by molar-refractivity contribution is 2.45. The van der Waals surface area contributed by atoms with Gasteiger partial charge in [-0.05, 0) is 9.85 Å². The minimum Gasteiger partial charge on any atom is -0.163 e. The van der Waals surface area contributed by atoms with Gasteiger partial charge in [-0.3, -0.25) is 0 Å². The lowest BCUT2D eigenvalue weighted by atomic mass is 10.8. The Morgan fingerprint density at radius 3 is 2.20 bits per heavy atom. The molecule has 2 radical (unpaired) electrons. The van der Waals surface area contributed by atoms with E-state index < -0.39 is 0 Å². The Bertz CT molecular complexity index is 48.9. The molecule has 0 saturated carbocycles. The van der Waals surface area contributed by atoms with Gasteiger partial charge < -0.3 is 0 Å². The van der Waals surface area contributed by atoms with Crippen LogP contribution in [-0.2, 0) is 0 Å². The monoisotopic (exact) mass is 96.0 g/mol. The maximum Gasteiger partial charge on any atom is 0.210 e. The second-order valence-corrected chi connectivity index (χ2v) is 1.48. The molecule has 0 amide bonds. The lowest BCUT2D eigenvalue weighted by Gasteiger charge is -1.56. The standard InChI is InChI=1S/C3H4Si.Al.H/c1-2-3-4;;/h1-4H;;. The van der Waals surface area contributed by atoms with Crippen LogP contribution in [0.15, 0.2) is 11.0 Å². The van der Waals surface area contributed by atoms with Crippen LogP contribution in [0.1, 0.15) is 0 Å². The van der Waals surface area contributed by atoms with Gasteiger partial charge in [0.1, 0.15) is 0 Å². The maximum atomic E-state index is 2.49. The zero-order valence-electron chi connectivity index (χ0n) is 3.02.